The summed E-state index contributed by atoms with van der Waals surface area (Å²) < 4.78 is 71.5. The zero-order valence-electron chi connectivity index (χ0n) is 23.5. The van der Waals surface area contributed by atoms with Crippen LogP contribution in [0.2, 0.25) is 10.0 Å². The number of pyridine rings is 1. The number of alkyl halides is 2. The van der Waals surface area contributed by atoms with Crippen molar-refractivity contribution in [3.63, 3.8) is 0 Å². The number of carbonyl (C=O) groups excluding carboxylic acids is 1. The van der Waals surface area contributed by atoms with E-state index in [1.807, 2.05) is 0 Å². The standard InChI is InChI=1S/C28H28Cl2F2N2O7S3/c1-15-9-25(16(2)43-15)44(37,38)34-7-8-42-26(34)27(35)40-23(11-19-20(29)12-33(36)13-21(19)30)18-5-6-22(41-28(31)32)24(10-18)39-14-17-3-4-17/h5-6,9-10,12-13,17,23,26,28H,3-4,7-8,11,14H2,1-2H3/t23-,26-/m0/s1. The maximum absolute atomic E-state index is 13.7. The smallest absolute Gasteiger partial charge is 0.387 e. The van der Waals surface area contributed by atoms with Gasteiger partial charge in [0.25, 0.3) is 0 Å². The lowest BCUT2D eigenvalue weighted by Crippen LogP contribution is -2.40. The minimum absolute atomic E-state index is 0.0131. The number of benzene rings is 1. The van der Waals surface area contributed by atoms with Gasteiger partial charge in [0.1, 0.15) is 16.1 Å². The van der Waals surface area contributed by atoms with Crippen LogP contribution < -0.4 is 14.2 Å². The van der Waals surface area contributed by atoms with Crippen LogP contribution in [0, 0.1) is 25.0 Å². The molecule has 1 aromatic carbocycles. The number of carbonyl (C=O) groups is 1. The molecular formula is C28H28Cl2F2N2O7S3. The molecular weight excluding hydrogens is 681 g/mol. The van der Waals surface area contributed by atoms with E-state index in [1.54, 1.807) is 19.9 Å². The molecule has 0 unspecified atom stereocenters. The number of rotatable bonds is 12. The number of thiophene rings is 1. The summed E-state index contributed by atoms with van der Waals surface area (Å²) >= 11 is 15.1. The summed E-state index contributed by atoms with van der Waals surface area (Å²) in [6, 6.07) is 5.74. The summed E-state index contributed by atoms with van der Waals surface area (Å²) in [5.74, 6) is -0.329. The van der Waals surface area contributed by atoms with Crippen molar-refractivity contribution in [3.05, 3.63) is 72.8 Å². The fraction of sp³-hybridized carbons (Fsp3) is 0.429. The first-order valence-electron chi connectivity index (χ1n) is 13.5. The highest BCUT2D eigenvalue weighted by molar-refractivity contribution is 8.02. The monoisotopic (exact) mass is 708 g/mol. The Morgan fingerprint density at radius 1 is 1.16 bits per heavy atom. The molecule has 1 aliphatic carbocycles. The van der Waals surface area contributed by atoms with E-state index in [9.17, 15) is 27.2 Å². The van der Waals surface area contributed by atoms with Gasteiger partial charge in [0.05, 0.1) is 11.5 Å². The molecule has 0 bridgehead atoms. The molecule has 3 heterocycles. The predicted molar refractivity (Wildman–Crippen MR) is 163 cm³/mol. The molecule has 16 heteroatoms. The Labute approximate surface area is 271 Å². The first kappa shape index (κ1) is 33.0. The quantitative estimate of drug-likeness (QED) is 0.123. The van der Waals surface area contributed by atoms with Gasteiger partial charge < -0.3 is 19.4 Å². The maximum atomic E-state index is 13.7. The van der Waals surface area contributed by atoms with Crippen LogP contribution in [0.3, 0.4) is 0 Å². The van der Waals surface area contributed by atoms with Crippen molar-refractivity contribution in [1.82, 2.24) is 4.31 Å². The average Bonchev–Trinajstić information content (AvgIpc) is 3.50. The van der Waals surface area contributed by atoms with E-state index in [1.165, 1.54) is 29.5 Å². The number of nitrogens with zero attached hydrogens (tertiary/aromatic N) is 2. The van der Waals surface area contributed by atoms with Crippen molar-refractivity contribution in [1.29, 1.82) is 0 Å². The Balaban J connectivity index is 1.48. The van der Waals surface area contributed by atoms with Gasteiger partial charge in [0.15, 0.2) is 29.3 Å². The highest BCUT2D eigenvalue weighted by atomic mass is 35.5. The van der Waals surface area contributed by atoms with E-state index in [2.05, 4.69) is 4.74 Å². The molecule has 0 spiro atoms. The number of halogens is 4. The summed E-state index contributed by atoms with van der Waals surface area (Å²) in [6.45, 7) is 0.812. The normalized spacial score (nSPS) is 18.0. The van der Waals surface area contributed by atoms with Crippen molar-refractivity contribution in [2.24, 2.45) is 5.92 Å². The molecule has 3 aromatic rings. The van der Waals surface area contributed by atoms with Gasteiger partial charge in [0.2, 0.25) is 10.0 Å². The zero-order chi connectivity index (χ0) is 31.8. The van der Waals surface area contributed by atoms with E-state index in [-0.39, 0.29) is 39.4 Å². The molecule has 1 saturated heterocycles. The van der Waals surface area contributed by atoms with E-state index in [4.69, 9.17) is 32.7 Å². The highest BCUT2D eigenvalue weighted by Crippen LogP contribution is 2.40. The Morgan fingerprint density at radius 3 is 2.48 bits per heavy atom. The van der Waals surface area contributed by atoms with Crippen molar-refractivity contribution < 1.29 is 40.9 Å². The summed E-state index contributed by atoms with van der Waals surface area (Å²) in [5, 5.41) is 10.7. The SMILES string of the molecule is Cc1cc(S(=O)(=O)N2CCS[C@H]2C(=O)O[C@@H](Cc2c(Cl)c[n+]([O-])cc2Cl)c2ccc(OC(F)F)c(OCC3CC3)c2)c(C)s1. The number of aromatic nitrogens is 1. The third kappa shape index (κ3) is 7.53. The third-order valence-electron chi connectivity index (χ3n) is 7.07. The number of sulfonamides is 1. The number of thioether (sulfide) groups is 1. The van der Waals surface area contributed by atoms with E-state index >= 15 is 0 Å². The fourth-order valence-corrected chi connectivity index (χ4v) is 9.91. The molecule has 2 aromatic heterocycles. The largest absolute Gasteiger partial charge is 0.619 e. The Kier molecular flexibility index (Phi) is 10.2. The van der Waals surface area contributed by atoms with Gasteiger partial charge in [-0.2, -0.15) is 17.8 Å². The van der Waals surface area contributed by atoms with Crippen molar-refractivity contribution in [3.8, 4) is 11.5 Å². The summed E-state index contributed by atoms with van der Waals surface area (Å²) in [5.41, 5.74) is 0.623. The number of ether oxygens (including phenoxy) is 3. The molecule has 1 aliphatic heterocycles. The van der Waals surface area contributed by atoms with Crippen LogP contribution in [0.5, 0.6) is 11.5 Å². The maximum Gasteiger partial charge on any atom is 0.387 e. The molecule has 0 radical (unpaired) electrons. The lowest BCUT2D eigenvalue weighted by Gasteiger charge is -2.26. The van der Waals surface area contributed by atoms with Gasteiger partial charge in [-0.15, -0.1) is 23.1 Å². The van der Waals surface area contributed by atoms with Crippen LogP contribution in [0.4, 0.5) is 8.78 Å². The predicted octanol–water partition coefficient (Wildman–Crippen LogP) is 6.29. The molecule has 0 N–H and O–H groups in total. The second-order valence-corrected chi connectivity index (χ2v) is 15.7. The molecule has 44 heavy (non-hydrogen) atoms. The van der Waals surface area contributed by atoms with Gasteiger partial charge in [-0.1, -0.05) is 29.3 Å². The van der Waals surface area contributed by atoms with Gasteiger partial charge in [-0.3, -0.25) is 0 Å². The lowest BCUT2D eigenvalue weighted by molar-refractivity contribution is -0.605. The van der Waals surface area contributed by atoms with Gasteiger partial charge in [0, 0.05) is 34.0 Å². The van der Waals surface area contributed by atoms with Crippen LogP contribution in [-0.2, 0) is 26.0 Å². The second-order valence-electron chi connectivity index (χ2n) is 10.4. The zero-order valence-corrected chi connectivity index (χ0v) is 27.5. The number of esters is 1. The molecule has 2 aliphatic rings. The minimum atomic E-state index is -4.02. The Hall–Kier alpha value is -2.36. The minimum Gasteiger partial charge on any atom is -0.619 e. The van der Waals surface area contributed by atoms with E-state index in [0.717, 1.165) is 46.2 Å². The van der Waals surface area contributed by atoms with Crippen LogP contribution >= 0.6 is 46.3 Å². The number of hydrogen-bond donors (Lipinski definition) is 0. The third-order valence-corrected chi connectivity index (χ3v) is 12.1. The molecule has 2 fully saturated rings. The second kappa shape index (κ2) is 13.6. The van der Waals surface area contributed by atoms with Crippen LogP contribution in [0.1, 0.15) is 39.8 Å². The topological polar surface area (TPSA) is 109 Å². The average molecular weight is 710 g/mol. The first-order chi connectivity index (χ1) is 20.8. The number of aryl methyl sites for hydroxylation is 2. The Morgan fingerprint density at radius 2 is 1.86 bits per heavy atom. The Bertz CT molecular complexity index is 1630. The fourth-order valence-electron chi connectivity index (χ4n) is 4.74. The molecule has 2 atom stereocenters. The van der Waals surface area contributed by atoms with Gasteiger partial charge in [-0.05, 0) is 56.4 Å². The summed E-state index contributed by atoms with van der Waals surface area (Å²) in [7, 11) is -4.02. The molecule has 0 amide bonds. The molecule has 1 saturated carbocycles. The number of hydrogen-bond acceptors (Lipinski definition) is 9. The highest BCUT2D eigenvalue weighted by Gasteiger charge is 2.43. The van der Waals surface area contributed by atoms with Crippen molar-refractivity contribution in [2.45, 2.75) is 56.1 Å². The summed E-state index contributed by atoms with van der Waals surface area (Å²) in [4.78, 5) is 15.3. The molecule has 238 valence electrons. The van der Waals surface area contributed by atoms with Crippen molar-refractivity contribution >= 4 is 62.3 Å². The van der Waals surface area contributed by atoms with E-state index in [0.29, 0.717) is 39.0 Å². The van der Waals surface area contributed by atoms with Gasteiger partial charge in [-0.25, -0.2) is 13.2 Å². The lowest BCUT2D eigenvalue weighted by atomic mass is 10.0. The van der Waals surface area contributed by atoms with Crippen LogP contribution in [-0.4, -0.2) is 49.6 Å². The molecule has 9 nitrogen and oxygen atoms in total. The van der Waals surface area contributed by atoms with E-state index < -0.39 is 34.1 Å². The van der Waals surface area contributed by atoms with Crippen molar-refractivity contribution in [2.75, 3.05) is 18.9 Å². The van der Waals surface area contributed by atoms with Crippen LogP contribution in [0.15, 0.2) is 41.6 Å². The summed E-state index contributed by atoms with van der Waals surface area (Å²) in [6.07, 6.45) is 2.86. The molecule has 5 rings (SSSR count). The van der Waals surface area contributed by atoms with Crippen LogP contribution in [0.25, 0.3) is 0 Å². The first-order valence-corrected chi connectivity index (χ1v) is 17.6. The van der Waals surface area contributed by atoms with Gasteiger partial charge >= 0.3 is 12.6 Å².